The zero-order valence-corrected chi connectivity index (χ0v) is 20.9. The largest absolute Gasteiger partial charge is 0.511 e. The van der Waals surface area contributed by atoms with Crippen LogP contribution in [0.2, 0.25) is 0 Å². The van der Waals surface area contributed by atoms with Gasteiger partial charge in [-0.15, -0.1) is 0 Å². The minimum atomic E-state index is -0.0524. The van der Waals surface area contributed by atoms with Crippen LogP contribution in [0.3, 0.4) is 0 Å². The number of oxime groups is 3. The highest BCUT2D eigenvalue weighted by atomic mass is 16.6. The fourth-order valence-corrected chi connectivity index (χ4v) is 4.78. The van der Waals surface area contributed by atoms with Crippen LogP contribution in [0.1, 0.15) is 87.0 Å². The van der Waals surface area contributed by atoms with Crippen molar-refractivity contribution in [2.45, 2.75) is 85.5 Å². The molecule has 0 spiro atoms. The minimum absolute atomic E-state index is 0.0204. The van der Waals surface area contributed by atoms with Gasteiger partial charge in [-0.25, -0.2) is 0 Å². The van der Waals surface area contributed by atoms with E-state index in [1.807, 2.05) is 13.8 Å². The van der Waals surface area contributed by atoms with Gasteiger partial charge < -0.3 is 20.4 Å². The van der Waals surface area contributed by atoms with Crippen molar-refractivity contribution >= 4 is 22.9 Å². The molecule has 1 atom stereocenters. The predicted octanol–water partition coefficient (Wildman–Crippen LogP) is 5.89. The lowest BCUT2D eigenvalue weighted by Crippen LogP contribution is -2.24. The quantitative estimate of drug-likeness (QED) is 0.280. The van der Waals surface area contributed by atoms with Gasteiger partial charge in [-0.3, -0.25) is 4.79 Å². The number of aliphatic hydroxyl groups excluding tert-OH is 1. The van der Waals surface area contributed by atoms with E-state index in [1.54, 1.807) is 0 Å². The van der Waals surface area contributed by atoms with Crippen LogP contribution in [-0.2, 0) is 9.63 Å². The number of aliphatic hydroxyl groups is 1. The molecule has 0 aliphatic heterocycles. The summed E-state index contributed by atoms with van der Waals surface area (Å²) in [7, 11) is 0. The van der Waals surface area contributed by atoms with Crippen LogP contribution < -0.4 is 0 Å². The molecule has 2 aliphatic carbocycles. The Balaban J connectivity index is 0.000000340. The first-order valence-corrected chi connectivity index (χ1v) is 11.9. The lowest BCUT2D eigenvalue weighted by molar-refractivity contribution is -0.116. The van der Waals surface area contributed by atoms with Gasteiger partial charge >= 0.3 is 0 Å². The Morgan fingerprint density at radius 3 is 2.00 bits per heavy atom. The number of carbonyl (C=O) groups excluding carboxylic acids is 1. The van der Waals surface area contributed by atoms with E-state index in [1.165, 1.54) is 22.3 Å². The third kappa shape index (κ3) is 6.68. The molecule has 1 aromatic rings. The lowest BCUT2D eigenvalue weighted by Gasteiger charge is -2.27. The van der Waals surface area contributed by atoms with Gasteiger partial charge in [0.05, 0.1) is 11.3 Å². The highest BCUT2D eigenvalue weighted by Crippen LogP contribution is 2.37. The Morgan fingerprint density at radius 1 is 1.00 bits per heavy atom. The molecule has 0 radical (unpaired) electrons. The normalized spacial score (nSPS) is 21.5. The molecule has 0 heterocycles. The van der Waals surface area contributed by atoms with Gasteiger partial charge in [0.15, 0.2) is 5.78 Å². The summed E-state index contributed by atoms with van der Waals surface area (Å²) < 4.78 is 0. The van der Waals surface area contributed by atoms with Crippen molar-refractivity contribution in [3.63, 3.8) is 0 Å². The average molecular weight is 472 g/mol. The number of rotatable bonds is 5. The minimum Gasteiger partial charge on any atom is -0.511 e. The molecule has 1 fully saturated rings. The van der Waals surface area contributed by atoms with Crippen molar-refractivity contribution in [1.29, 1.82) is 0 Å². The van der Waals surface area contributed by atoms with Gasteiger partial charge in [-0.05, 0) is 82.4 Å². The number of hydrogen-bond donors (Lipinski definition) is 3. The summed E-state index contributed by atoms with van der Waals surface area (Å²) in [4.78, 5) is 17.8. The molecular formula is C26H37N3O5. The first kappa shape index (κ1) is 27.1. The van der Waals surface area contributed by atoms with Gasteiger partial charge in [0.2, 0.25) is 0 Å². The van der Waals surface area contributed by atoms with Gasteiger partial charge in [-0.2, -0.15) is 0 Å². The molecule has 0 saturated heterocycles. The van der Waals surface area contributed by atoms with Gasteiger partial charge in [0.1, 0.15) is 23.8 Å². The number of carbonyl (C=O) groups is 1. The molecule has 8 heteroatoms. The molecule has 0 amide bonds. The van der Waals surface area contributed by atoms with E-state index in [0.717, 1.165) is 25.7 Å². The fraction of sp³-hybridized carbons (Fsp3) is 0.538. The van der Waals surface area contributed by atoms with E-state index in [4.69, 9.17) is 15.3 Å². The smallest absolute Gasteiger partial charge is 0.168 e. The van der Waals surface area contributed by atoms with E-state index >= 15 is 0 Å². The van der Waals surface area contributed by atoms with Gasteiger partial charge in [-0.1, -0.05) is 40.1 Å². The maximum Gasteiger partial charge on any atom is 0.168 e. The van der Waals surface area contributed by atoms with Crippen molar-refractivity contribution < 1.29 is 25.2 Å². The van der Waals surface area contributed by atoms with Crippen LogP contribution in [0.25, 0.3) is 0 Å². The summed E-state index contributed by atoms with van der Waals surface area (Å²) in [6, 6.07) is 4.27. The number of ketones is 1. The number of allylic oxidation sites excluding steroid dienone is 2. The summed E-state index contributed by atoms with van der Waals surface area (Å²) in [5, 5.41) is 37.4. The number of hydrogen-bond acceptors (Lipinski definition) is 8. The van der Waals surface area contributed by atoms with E-state index in [-0.39, 0.29) is 17.5 Å². The molecule has 3 N–H and O–H groups in total. The molecule has 34 heavy (non-hydrogen) atoms. The SMILES string of the molecule is CCON=C(CC)C1=C(O)CC(c2c(C)cc(C)cc2C)CC1=O.ON=C1CCCCC1=NO. The topological polar surface area (TPSA) is 124 Å². The highest BCUT2D eigenvalue weighted by Gasteiger charge is 2.32. The van der Waals surface area contributed by atoms with Crippen LogP contribution in [0, 0.1) is 20.8 Å². The Hall–Kier alpha value is -3.16. The highest BCUT2D eigenvalue weighted by molar-refractivity contribution is 6.42. The maximum atomic E-state index is 12.7. The molecular weight excluding hydrogens is 434 g/mol. The Morgan fingerprint density at radius 2 is 1.56 bits per heavy atom. The molecule has 0 bridgehead atoms. The van der Waals surface area contributed by atoms with E-state index in [2.05, 4.69) is 48.4 Å². The molecule has 2 aliphatic rings. The van der Waals surface area contributed by atoms with Crippen molar-refractivity contribution in [2.75, 3.05) is 6.61 Å². The monoisotopic (exact) mass is 471 g/mol. The molecule has 186 valence electrons. The number of nitrogens with zero attached hydrogens (tertiary/aromatic N) is 3. The standard InChI is InChI=1S/C20H27NO3.C6H10N2O2/c1-6-16(21-24-7-2)20-17(22)10-15(11-18(20)23)19-13(4)8-12(3)9-14(19)5;9-7-5-3-1-2-4-6(5)8-10/h8-9,15,22H,6-7,10-11H2,1-5H3;9-10H,1-4H2. The van der Waals surface area contributed by atoms with Crippen LogP contribution in [0.5, 0.6) is 0 Å². The second-order valence-corrected chi connectivity index (χ2v) is 8.77. The molecule has 0 aromatic heterocycles. The van der Waals surface area contributed by atoms with E-state index in [9.17, 15) is 9.90 Å². The van der Waals surface area contributed by atoms with Crippen LogP contribution >= 0.6 is 0 Å². The second-order valence-electron chi connectivity index (χ2n) is 8.77. The molecule has 8 nitrogen and oxygen atoms in total. The van der Waals surface area contributed by atoms with Crippen molar-refractivity contribution in [1.82, 2.24) is 0 Å². The first-order chi connectivity index (χ1) is 16.3. The third-order valence-corrected chi connectivity index (χ3v) is 6.16. The zero-order valence-electron chi connectivity index (χ0n) is 20.9. The van der Waals surface area contributed by atoms with Crippen LogP contribution in [-0.4, -0.2) is 45.0 Å². The summed E-state index contributed by atoms with van der Waals surface area (Å²) in [5.74, 6) is 0.103. The first-order valence-electron chi connectivity index (χ1n) is 11.9. The molecule has 1 saturated carbocycles. The molecule has 3 rings (SSSR count). The molecule has 1 unspecified atom stereocenters. The fourth-order valence-electron chi connectivity index (χ4n) is 4.78. The number of benzene rings is 1. The Bertz CT molecular complexity index is 965. The zero-order chi connectivity index (χ0) is 25.3. The van der Waals surface area contributed by atoms with E-state index in [0.29, 0.717) is 48.6 Å². The van der Waals surface area contributed by atoms with Gasteiger partial charge in [0, 0.05) is 12.8 Å². The Labute approximate surface area is 201 Å². The van der Waals surface area contributed by atoms with Gasteiger partial charge in [0.25, 0.3) is 0 Å². The maximum absolute atomic E-state index is 12.7. The summed E-state index contributed by atoms with van der Waals surface area (Å²) >= 11 is 0. The second kappa shape index (κ2) is 12.9. The van der Waals surface area contributed by atoms with Crippen molar-refractivity contribution in [3.8, 4) is 0 Å². The van der Waals surface area contributed by atoms with Crippen molar-refractivity contribution in [2.24, 2.45) is 15.5 Å². The number of aryl methyl sites for hydroxylation is 3. The third-order valence-electron chi connectivity index (χ3n) is 6.16. The molecule has 1 aromatic carbocycles. The van der Waals surface area contributed by atoms with Crippen LogP contribution in [0.4, 0.5) is 0 Å². The summed E-state index contributed by atoms with van der Waals surface area (Å²) in [6.45, 7) is 10.4. The lowest BCUT2D eigenvalue weighted by atomic mass is 9.78. The number of Topliss-reactive ketones (excluding diaryl/α,β-unsaturated/α-hetero) is 1. The Kier molecular flexibility index (Phi) is 10.3. The average Bonchev–Trinajstić information content (AvgIpc) is 2.80. The summed E-state index contributed by atoms with van der Waals surface area (Å²) in [6.07, 6.45) is 4.88. The van der Waals surface area contributed by atoms with Crippen LogP contribution in [0.15, 0.2) is 38.9 Å². The van der Waals surface area contributed by atoms with Crippen molar-refractivity contribution in [3.05, 3.63) is 45.7 Å². The van der Waals surface area contributed by atoms with E-state index < -0.39 is 0 Å². The summed E-state index contributed by atoms with van der Waals surface area (Å²) in [5.41, 5.74) is 6.69. The predicted molar refractivity (Wildman–Crippen MR) is 134 cm³/mol.